The van der Waals surface area contributed by atoms with Crippen molar-refractivity contribution in [2.24, 2.45) is 0 Å². The maximum atomic E-state index is 8.89. The normalized spacial score (nSPS) is 30.0. The smallest absolute Gasteiger partial charge is 0.392 e. The molecule has 6 nitrogen and oxygen atoms in total. The SMILES string of the molecule is CO[Si]1(CCC[n+]2ccn(CCO)c2)OC(C)C(C)O1. The number of aromatic nitrogens is 2. The van der Waals surface area contributed by atoms with Crippen LogP contribution in [0.15, 0.2) is 18.7 Å². The van der Waals surface area contributed by atoms with Crippen molar-refractivity contribution < 1.29 is 23.0 Å². The number of nitrogens with zero attached hydrogens (tertiary/aromatic N) is 2. The van der Waals surface area contributed by atoms with Crippen LogP contribution in [-0.4, -0.2) is 44.4 Å². The molecule has 20 heavy (non-hydrogen) atoms. The highest BCUT2D eigenvalue weighted by Gasteiger charge is 2.49. The molecule has 0 saturated carbocycles. The van der Waals surface area contributed by atoms with Crippen LogP contribution in [0.1, 0.15) is 20.3 Å². The molecule has 2 heterocycles. The average Bonchev–Trinajstić information content (AvgIpc) is 2.97. The molecular formula is C13H25N2O4Si+. The maximum absolute atomic E-state index is 8.89. The van der Waals surface area contributed by atoms with Crippen molar-refractivity contribution in [1.29, 1.82) is 0 Å². The van der Waals surface area contributed by atoms with Crippen LogP contribution in [-0.2, 0) is 26.4 Å². The molecule has 0 aliphatic carbocycles. The molecule has 1 aromatic rings. The number of imidazole rings is 1. The van der Waals surface area contributed by atoms with E-state index in [-0.39, 0.29) is 18.8 Å². The molecule has 1 aromatic heterocycles. The molecule has 0 spiro atoms. The average molecular weight is 301 g/mol. The first-order chi connectivity index (χ1) is 9.58. The second kappa shape index (κ2) is 6.82. The van der Waals surface area contributed by atoms with E-state index in [4.69, 9.17) is 18.4 Å². The van der Waals surface area contributed by atoms with Crippen molar-refractivity contribution in [1.82, 2.24) is 4.57 Å². The molecule has 0 radical (unpaired) electrons. The highest BCUT2D eigenvalue weighted by Crippen LogP contribution is 2.29. The van der Waals surface area contributed by atoms with Crippen molar-refractivity contribution in [3.8, 4) is 0 Å². The summed E-state index contributed by atoms with van der Waals surface area (Å²) in [5, 5.41) is 8.89. The summed E-state index contributed by atoms with van der Waals surface area (Å²) in [6, 6.07) is 0.830. The first-order valence-electron chi connectivity index (χ1n) is 7.15. The summed E-state index contributed by atoms with van der Waals surface area (Å²) in [5.74, 6) is 0. The minimum atomic E-state index is -2.45. The Bertz CT molecular complexity index is 416. The van der Waals surface area contributed by atoms with E-state index in [0.29, 0.717) is 6.54 Å². The lowest BCUT2D eigenvalue weighted by molar-refractivity contribution is -0.696. The summed E-state index contributed by atoms with van der Waals surface area (Å²) >= 11 is 0. The molecule has 0 bridgehead atoms. The van der Waals surface area contributed by atoms with Gasteiger partial charge < -0.3 is 18.4 Å². The van der Waals surface area contributed by atoms with E-state index in [1.807, 2.05) is 37.1 Å². The van der Waals surface area contributed by atoms with E-state index in [1.54, 1.807) is 7.11 Å². The van der Waals surface area contributed by atoms with Crippen molar-refractivity contribution >= 4 is 8.80 Å². The zero-order chi connectivity index (χ0) is 14.6. The van der Waals surface area contributed by atoms with Gasteiger partial charge in [0.1, 0.15) is 18.9 Å². The van der Waals surface area contributed by atoms with Gasteiger partial charge in [0, 0.05) is 13.2 Å². The van der Waals surface area contributed by atoms with Crippen LogP contribution in [0.25, 0.3) is 0 Å². The Hall–Kier alpha value is -0.733. The third-order valence-electron chi connectivity index (χ3n) is 3.71. The Kier molecular flexibility index (Phi) is 5.33. The molecule has 1 aliphatic rings. The van der Waals surface area contributed by atoms with Crippen molar-refractivity contribution in [3.63, 3.8) is 0 Å². The molecule has 1 fully saturated rings. The Labute approximate surface area is 121 Å². The quantitative estimate of drug-likeness (QED) is 0.591. The van der Waals surface area contributed by atoms with Gasteiger partial charge >= 0.3 is 8.80 Å². The van der Waals surface area contributed by atoms with E-state index in [2.05, 4.69) is 4.57 Å². The summed E-state index contributed by atoms with van der Waals surface area (Å²) in [5.41, 5.74) is 0. The Morgan fingerprint density at radius 1 is 1.35 bits per heavy atom. The standard InChI is InChI=1S/C13H25N2O4Si/c1-12-13(2)19-20(17-3,18-12)10-4-5-14-6-7-15(11-14)8-9-16/h6-7,11-13,16H,4-5,8-10H2,1-3H3/q+1. The van der Waals surface area contributed by atoms with Gasteiger partial charge in [-0.05, 0) is 20.3 Å². The molecule has 2 unspecified atom stereocenters. The lowest BCUT2D eigenvalue weighted by atomic mass is 10.3. The van der Waals surface area contributed by atoms with Gasteiger partial charge in [-0.2, -0.15) is 0 Å². The molecular weight excluding hydrogens is 276 g/mol. The number of aliphatic hydroxyl groups is 1. The predicted molar refractivity (Wildman–Crippen MR) is 75.0 cm³/mol. The van der Waals surface area contributed by atoms with Crippen LogP contribution in [0.2, 0.25) is 6.04 Å². The Morgan fingerprint density at radius 2 is 2.05 bits per heavy atom. The third-order valence-corrected chi connectivity index (χ3v) is 6.76. The minimum absolute atomic E-state index is 0.111. The lowest BCUT2D eigenvalue weighted by Crippen LogP contribution is -2.42. The minimum Gasteiger partial charge on any atom is -0.392 e. The van der Waals surface area contributed by atoms with E-state index in [1.165, 1.54) is 0 Å². The highest BCUT2D eigenvalue weighted by atomic mass is 28.4. The molecule has 2 atom stereocenters. The largest absolute Gasteiger partial charge is 0.501 e. The van der Waals surface area contributed by atoms with Crippen LogP contribution in [0, 0.1) is 0 Å². The lowest BCUT2D eigenvalue weighted by Gasteiger charge is -2.20. The summed E-state index contributed by atoms with van der Waals surface area (Å²) < 4.78 is 21.5. The van der Waals surface area contributed by atoms with Gasteiger partial charge in [-0.25, -0.2) is 9.13 Å². The number of hydrogen-bond acceptors (Lipinski definition) is 4. The van der Waals surface area contributed by atoms with E-state index in [9.17, 15) is 0 Å². The summed E-state index contributed by atoms with van der Waals surface area (Å²) in [4.78, 5) is 0. The van der Waals surface area contributed by atoms with Crippen molar-refractivity contribution in [3.05, 3.63) is 18.7 Å². The monoisotopic (exact) mass is 301 g/mol. The van der Waals surface area contributed by atoms with Crippen LogP contribution in [0.4, 0.5) is 0 Å². The van der Waals surface area contributed by atoms with Gasteiger partial charge in [-0.3, -0.25) is 0 Å². The Morgan fingerprint density at radius 3 is 2.65 bits per heavy atom. The first kappa shape index (κ1) is 15.7. The fraction of sp³-hybridized carbons (Fsp3) is 0.769. The van der Waals surface area contributed by atoms with Gasteiger partial charge in [-0.1, -0.05) is 0 Å². The third kappa shape index (κ3) is 3.67. The number of hydrogen-bond donors (Lipinski definition) is 1. The van der Waals surface area contributed by atoms with Crippen LogP contribution in [0.5, 0.6) is 0 Å². The molecule has 114 valence electrons. The van der Waals surface area contributed by atoms with E-state index >= 15 is 0 Å². The van der Waals surface area contributed by atoms with Gasteiger partial charge in [0.2, 0.25) is 6.33 Å². The molecule has 2 rings (SSSR count). The fourth-order valence-corrected chi connectivity index (χ4v) is 5.19. The second-order valence-corrected chi connectivity index (χ2v) is 8.00. The molecule has 0 amide bonds. The van der Waals surface area contributed by atoms with Gasteiger partial charge in [-0.15, -0.1) is 0 Å². The zero-order valence-corrected chi connectivity index (χ0v) is 13.5. The van der Waals surface area contributed by atoms with E-state index < -0.39 is 8.80 Å². The molecule has 1 aliphatic heterocycles. The Balaban J connectivity index is 1.82. The molecule has 1 N–H and O–H groups in total. The number of rotatable bonds is 7. The summed E-state index contributed by atoms with van der Waals surface area (Å²) in [6.45, 7) is 5.74. The van der Waals surface area contributed by atoms with E-state index in [0.717, 1.165) is 19.0 Å². The van der Waals surface area contributed by atoms with Crippen molar-refractivity contribution in [2.45, 2.75) is 51.6 Å². The van der Waals surface area contributed by atoms with Crippen LogP contribution >= 0.6 is 0 Å². The molecule has 7 heteroatoms. The summed E-state index contributed by atoms with van der Waals surface area (Å²) in [7, 11) is -0.772. The maximum Gasteiger partial charge on any atom is 0.501 e. The van der Waals surface area contributed by atoms with Gasteiger partial charge in [0.15, 0.2) is 0 Å². The van der Waals surface area contributed by atoms with Crippen molar-refractivity contribution in [2.75, 3.05) is 13.7 Å². The number of aryl methyl sites for hydroxylation is 1. The van der Waals surface area contributed by atoms with Crippen LogP contribution in [0.3, 0.4) is 0 Å². The fourth-order valence-electron chi connectivity index (χ4n) is 2.40. The van der Waals surface area contributed by atoms with Gasteiger partial charge in [0.25, 0.3) is 0 Å². The number of aliphatic hydroxyl groups excluding tert-OH is 1. The zero-order valence-electron chi connectivity index (χ0n) is 12.5. The first-order valence-corrected chi connectivity index (χ1v) is 9.08. The van der Waals surface area contributed by atoms with Crippen LogP contribution < -0.4 is 4.57 Å². The van der Waals surface area contributed by atoms with Gasteiger partial charge in [0.05, 0.1) is 25.4 Å². The second-order valence-electron chi connectivity index (χ2n) is 5.25. The summed E-state index contributed by atoms with van der Waals surface area (Å²) in [6.07, 6.45) is 7.15. The highest BCUT2D eigenvalue weighted by molar-refractivity contribution is 6.61. The molecule has 0 aromatic carbocycles. The molecule has 1 saturated heterocycles. The topological polar surface area (TPSA) is 56.7 Å². The predicted octanol–water partition coefficient (Wildman–Crippen LogP) is 0.567.